The van der Waals surface area contributed by atoms with Crippen molar-refractivity contribution in [1.29, 1.82) is 0 Å². The molecule has 31 heavy (non-hydrogen) atoms. The molecule has 4 heterocycles. The van der Waals surface area contributed by atoms with E-state index in [-0.39, 0.29) is 5.91 Å². The van der Waals surface area contributed by atoms with Crippen LogP contribution in [0.5, 0.6) is 0 Å². The summed E-state index contributed by atoms with van der Waals surface area (Å²) in [5.74, 6) is -0.0436. The second-order valence-electron chi connectivity index (χ2n) is 8.58. The van der Waals surface area contributed by atoms with Gasteiger partial charge in [0.2, 0.25) is 0 Å². The van der Waals surface area contributed by atoms with Gasteiger partial charge in [0, 0.05) is 55.5 Å². The smallest absolute Gasteiger partial charge is 0.263 e. The number of aryl methyl sites for hydroxylation is 1. The van der Waals surface area contributed by atoms with Gasteiger partial charge in [0.15, 0.2) is 0 Å². The molecule has 0 spiro atoms. The number of nitrogens with one attached hydrogen (secondary N) is 3. The van der Waals surface area contributed by atoms with Gasteiger partial charge in [0.1, 0.15) is 9.71 Å². The molecule has 6 nitrogen and oxygen atoms in total. The number of hydrogen-bond donors (Lipinski definition) is 3. The van der Waals surface area contributed by atoms with E-state index >= 15 is 0 Å². The molecule has 2 aromatic heterocycles. The van der Waals surface area contributed by atoms with Crippen LogP contribution in [-0.2, 0) is 6.42 Å². The van der Waals surface area contributed by atoms with Crippen molar-refractivity contribution in [1.82, 2.24) is 15.6 Å². The summed E-state index contributed by atoms with van der Waals surface area (Å²) >= 11 is 1.44. The molecule has 2 fully saturated rings. The first-order valence-electron chi connectivity index (χ1n) is 11.1. The number of carbonyl (C=O) groups is 1. The van der Waals surface area contributed by atoms with E-state index in [1.165, 1.54) is 35.4 Å². The first kappa shape index (κ1) is 20.3. The maximum absolute atomic E-state index is 12.8. The topological polar surface area (TPSA) is 69.3 Å². The molecule has 1 amide bonds. The SMILES string of the molecule is CNc1c(C(=O)NCCc2ccc(N3CC4CCC(C3)N4)cc2)sc2nc(C)ccc12. The fourth-order valence-corrected chi connectivity index (χ4v) is 5.90. The maximum atomic E-state index is 12.8. The summed E-state index contributed by atoms with van der Waals surface area (Å²) in [5.41, 5.74) is 4.36. The average molecular weight is 436 g/mol. The molecule has 0 saturated carbocycles. The van der Waals surface area contributed by atoms with Crippen molar-refractivity contribution in [2.45, 2.75) is 38.3 Å². The monoisotopic (exact) mass is 435 g/mol. The summed E-state index contributed by atoms with van der Waals surface area (Å²) in [5, 5.41) is 10.9. The maximum Gasteiger partial charge on any atom is 0.263 e. The molecule has 2 aliphatic rings. The van der Waals surface area contributed by atoms with Gasteiger partial charge in [-0.1, -0.05) is 12.1 Å². The van der Waals surface area contributed by atoms with Crippen molar-refractivity contribution in [3.05, 3.63) is 52.5 Å². The zero-order chi connectivity index (χ0) is 21.4. The second kappa shape index (κ2) is 8.48. The number of fused-ring (bicyclic) bond motifs is 3. The van der Waals surface area contributed by atoms with Crippen LogP contribution in [0.2, 0.25) is 0 Å². The highest BCUT2D eigenvalue weighted by Crippen LogP contribution is 2.34. The van der Waals surface area contributed by atoms with Crippen molar-refractivity contribution < 1.29 is 4.79 Å². The van der Waals surface area contributed by atoms with Gasteiger partial charge >= 0.3 is 0 Å². The lowest BCUT2D eigenvalue weighted by Crippen LogP contribution is -2.51. The number of thiophene rings is 1. The summed E-state index contributed by atoms with van der Waals surface area (Å²) in [6, 6.07) is 14.1. The number of pyridine rings is 1. The fourth-order valence-electron chi connectivity index (χ4n) is 4.76. The van der Waals surface area contributed by atoms with Crippen molar-refractivity contribution in [3.8, 4) is 0 Å². The van der Waals surface area contributed by atoms with Crippen molar-refractivity contribution >= 4 is 38.8 Å². The number of benzene rings is 1. The number of hydrogen-bond acceptors (Lipinski definition) is 6. The minimum atomic E-state index is -0.0436. The number of aromatic nitrogens is 1. The standard InChI is InChI=1S/C24H29N5OS/c1-15-3-10-20-21(25-2)22(31-24(20)27-15)23(30)26-12-11-16-4-8-19(9-5-16)29-13-17-6-7-18(14-29)28-17/h3-5,8-10,17-18,25,28H,6-7,11-14H2,1-2H3,(H,26,30). The number of carbonyl (C=O) groups excluding carboxylic acids is 1. The van der Waals surface area contributed by atoms with Crippen molar-refractivity contribution in [3.63, 3.8) is 0 Å². The average Bonchev–Trinajstić information content (AvgIpc) is 3.32. The van der Waals surface area contributed by atoms with Crippen molar-refractivity contribution in [2.24, 2.45) is 0 Å². The first-order chi connectivity index (χ1) is 15.1. The third kappa shape index (κ3) is 4.12. The molecular formula is C24H29N5OS. The number of piperazine rings is 1. The van der Waals surface area contributed by atoms with E-state index in [0.717, 1.165) is 41.1 Å². The van der Waals surface area contributed by atoms with Gasteiger partial charge in [-0.2, -0.15) is 0 Å². The molecule has 2 aliphatic heterocycles. The third-order valence-electron chi connectivity index (χ3n) is 6.37. The van der Waals surface area contributed by atoms with E-state index in [0.29, 0.717) is 23.5 Å². The predicted molar refractivity (Wildman–Crippen MR) is 129 cm³/mol. The Labute approximate surface area is 187 Å². The quantitative estimate of drug-likeness (QED) is 0.552. The summed E-state index contributed by atoms with van der Waals surface area (Å²) in [6.07, 6.45) is 3.41. The summed E-state index contributed by atoms with van der Waals surface area (Å²) in [7, 11) is 1.85. The van der Waals surface area contributed by atoms with Gasteiger partial charge in [-0.05, 0) is 56.0 Å². The third-order valence-corrected chi connectivity index (χ3v) is 7.47. The number of rotatable bonds is 6. The normalized spacial score (nSPS) is 20.3. The fraction of sp³-hybridized carbons (Fsp3) is 0.417. The minimum absolute atomic E-state index is 0.0436. The summed E-state index contributed by atoms with van der Waals surface area (Å²) in [4.78, 5) is 21.5. The minimum Gasteiger partial charge on any atom is -0.386 e. The lowest BCUT2D eigenvalue weighted by atomic mass is 10.1. The van der Waals surface area contributed by atoms with E-state index in [4.69, 9.17) is 0 Å². The molecule has 2 saturated heterocycles. The predicted octanol–water partition coefficient (Wildman–Crippen LogP) is 3.56. The number of anilines is 2. The lowest BCUT2D eigenvalue weighted by Gasteiger charge is -2.34. The van der Waals surface area contributed by atoms with Crippen LogP contribution < -0.4 is 20.9 Å². The van der Waals surface area contributed by atoms with Crippen molar-refractivity contribution in [2.75, 3.05) is 36.9 Å². The highest BCUT2D eigenvalue weighted by molar-refractivity contribution is 7.21. The molecular weight excluding hydrogens is 406 g/mol. The second-order valence-corrected chi connectivity index (χ2v) is 9.58. The zero-order valence-electron chi connectivity index (χ0n) is 18.1. The largest absolute Gasteiger partial charge is 0.386 e. The van der Waals surface area contributed by atoms with Crippen LogP contribution in [-0.4, -0.2) is 49.7 Å². The van der Waals surface area contributed by atoms with Crippen LogP contribution in [0.4, 0.5) is 11.4 Å². The Bertz CT molecular complexity index is 1080. The summed E-state index contributed by atoms with van der Waals surface area (Å²) < 4.78 is 0. The molecule has 3 N–H and O–H groups in total. The van der Waals surface area contributed by atoms with Crippen LogP contribution in [0.25, 0.3) is 10.2 Å². The molecule has 162 valence electrons. The number of amides is 1. The van der Waals surface area contributed by atoms with Gasteiger partial charge in [-0.3, -0.25) is 4.79 Å². The molecule has 7 heteroatoms. The van der Waals surface area contributed by atoms with Gasteiger partial charge in [-0.15, -0.1) is 11.3 Å². The zero-order valence-corrected chi connectivity index (χ0v) is 18.9. The highest BCUT2D eigenvalue weighted by Gasteiger charge is 2.32. The molecule has 2 unspecified atom stereocenters. The molecule has 2 atom stereocenters. The van der Waals surface area contributed by atoms with E-state index < -0.39 is 0 Å². The van der Waals surface area contributed by atoms with E-state index in [9.17, 15) is 4.79 Å². The van der Waals surface area contributed by atoms with E-state index in [2.05, 4.69) is 50.1 Å². The highest BCUT2D eigenvalue weighted by atomic mass is 32.1. The van der Waals surface area contributed by atoms with Gasteiger partial charge in [-0.25, -0.2) is 4.98 Å². The Hall–Kier alpha value is -2.64. The Balaban J connectivity index is 1.19. The van der Waals surface area contributed by atoms with E-state index in [1.54, 1.807) is 0 Å². The Kier molecular flexibility index (Phi) is 5.54. The molecule has 2 bridgehead atoms. The molecule has 1 aromatic carbocycles. The first-order valence-corrected chi connectivity index (χ1v) is 11.9. The molecule has 0 aliphatic carbocycles. The Morgan fingerprint density at radius 1 is 1.16 bits per heavy atom. The van der Waals surface area contributed by atoms with Crippen LogP contribution in [0.1, 0.15) is 33.8 Å². The van der Waals surface area contributed by atoms with Gasteiger partial charge in [0.05, 0.1) is 5.69 Å². The van der Waals surface area contributed by atoms with Crippen LogP contribution in [0.15, 0.2) is 36.4 Å². The van der Waals surface area contributed by atoms with Gasteiger partial charge < -0.3 is 20.9 Å². The van der Waals surface area contributed by atoms with Gasteiger partial charge in [0.25, 0.3) is 5.91 Å². The number of nitrogens with zero attached hydrogens (tertiary/aromatic N) is 2. The van der Waals surface area contributed by atoms with Crippen LogP contribution >= 0.6 is 11.3 Å². The summed E-state index contributed by atoms with van der Waals surface area (Å²) in [6.45, 7) is 4.78. The van der Waals surface area contributed by atoms with Crippen LogP contribution in [0, 0.1) is 6.92 Å². The van der Waals surface area contributed by atoms with Crippen LogP contribution in [0.3, 0.4) is 0 Å². The molecule has 0 radical (unpaired) electrons. The molecule has 5 rings (SSSR count). The lowest BCUT2D eigenvalue weighted by molar-refractivity contribution is 0.0959. The van der Waals surface area contributed by atoms with E-state index in [1.807, 2.05) is 26.1 Å². The Morgan fingerprint density at radius 2 is 1.90 bits per heavy atom. The molecule has 3 aromatic rings. The Morgan fingerprint density at radius 3 is 2.61 bits per heavy atom.